The normalized spacial score (nSPS) is 12.1. The molecule has 0 aliphatic rings. The number of aryl methyl sites for hydroxylation is 1. The first kappa shape index (κ1) is 14.2. The molecule has 1 N–H and O–H groups in total. The number of rotatable bonds is 5. The van der Waals surface area contributed by atoms with Crippen molar-refractivity contribution >= 4 is 12.2 Å². The highest BCUT2D eigenvalue weighted by atomic mass is 16.5. The summed E-state index contributed by atoms with van der Waals surface area (Å²) in [6, 6.07) is 5.36. The third kappa shape index (κ3) is 3.58. The van der Waals surface area contributed by atoms with Gasteiger partial charge in [0.25, 0.3) is 5.91 Å². The lowest BCUT2D eigenvalue weighted by Gasteiger charge is -2.18. The van der Waals surface area contributed by atoms with E-state index in [-0.39, 0.29) is 11.9 Å². The van der Waals surface area contributed by atoms with Gasteiger partial charge < -0.3 is 10.1 Å². The molecule has 0 saturated carbocycles. The van der Waals surface area contributed by atoms with Gasteiger partial charge in [0.2, 0.25) is 0 Å². The first-order valence-corrected chi connectivity index (χ1v) is 5.97. The topological polar surface area (TPSA) is 55.4 Å². The molecule has 4 heteroatoms. The van der Waals surface area contributed by atoms with Crippen LogP contribution < -0.4 is 10.1 Å². The standard InChI is InChI=1S/C14H19NO3/c1-9(2)15-14(17)11(4)18-13-10(3)6-5-7-12(13)8-16/h5-9,11H,1-4H3,(H,15,17). The van der Waals surface area contributed by atoms with Crippen molar-refractivity contribution in [2.45, 2.75) is 39.8 Å². The Kier molecular flexibility index (Phi) is 4.89. The SMILES string of the molecule is Cc1cccc(C=O)c1OC(C)C(=O)NC(C)C. The lowest BCUT2D eigenvalue weighted by molar-refractivity contribution is -0.127. The third-order valence-electron chi connectivity index (χ3n) is 2.46. The second-order valence-corrected chi connectivity index (χ2v) is 4.53. The van der Waals surface area contributed by atoms with Crippen molar-refractivity contribution in [2.24, 2.45) is 0 Å². The van der Waals surface area contributed by atoms with Gasteiger partial charge in [0.15, 0.2) is 12.4 Å². The molecule has 1 rings (SSSR count). The molecule has 0 spiro atoms. The number of benzene rings is 1. The van der Waals surface area contributed by atoms with Gasteiger partial charge in [-0.2, -0.15) is 0 Å². The van der Waals surface area contributed by atoms with Gasteiger partial charge in [-0.25, -0.2) is 0 Å². The van der Waals surface area contributed by atoms with E-state index in [9.17, 15) is 9.59 Å². The second kappa shape index (κ2) is 6.19. The summed E-state index contributed by atoms with van der Waals surface area (Å²) in [5.41, 5.74) is 1.29. The maximum atomic E-state index is 11.7. The average molecular weight is 249 g/mol. The van der Waals surface area contributed by atoms with E-state index in [4.69, 9.17) is 4.74 Å². The minimum absolute atomic E-state index is 0.0611. The van der Waals surface area contributed by atoms with Crippen molar-refractivity contribution in [3.63, 3.8) is 0 Å². The smallest absolute Gasteiger partial charge is 0.260 e. The Morgan fingerprint density at radius 2 is 2.00 bits per heavy atom. The van der Waals surface area contributed by atoms with Crippen molar-refractivity contribution < 1.29 is 14.3 Å². The number of aldehydes is 1. The Balaban J connectivity index is 2.84. The van der Waals surface area contributed by atoms with Crippen LogP contribution in [0.5, 0.6) is 5.75 Å². The Morgan fingerprint density at radius 1 is 1.33 bits per heavy atom. The van der Waals surface area contributed by atoms with Crippen LogP contribution in [0.15, 0.2) is 18.2 Å². The summed E-state index contributed by atoms with van der Waals surface area (Å²) in [7, 11) is 0. The lowest BCUT2D eigenvalue weighted by Crippen LogP contribution is -2.40. The maximum absolute atomic E-state index is 11.7. The van der Waals surface area contributed by atoms with E-state index in [0.29, 0.717) is 11.3 Å². The molecule has 0 aromatic heterocycles. The molecule has 4 nitrogen and oxygen atoms in total. The van der Waals surface area contributed by atoms with Crippen LogP contribution in [0.2, 0.25) is 0 Å². The molecule has 0 radical (unpaired) electrons. The summed E-state index contributed by atoms with van der Waals surface area (Å²) in [4.78, 5) is 22.7. The van der Waals surface area contributed by atoms with Gasteiger partial charge in [-0.15, -0.1) is 0 Å². The van der Waals surface area contributed by atoms with Crippen LogP contribution in [-0.2, 0) is 4.79 Å². The molecule has 18 heavy (non-hydrogen) atoms. The molecule has 98 valence electrons. The van der Waals surface area contributed by atoms with Gasteiger partial charge >= 0.3 is 0 Å². The highest BCUT2D eigenvalue weighted by molar-refractivity contribution is 5.83. The number of hydrogen-bond donors (Lipinski definition) is 1. The Morgan fingerprint density at radius 3 is 2.56 bits per heavy atom. The summed E-state index contributed by atoms with van der Waals surface area (Å²) in [6.45, 7) is 7.28. The Bertz CT molecular complexity index is 441. The van der Waals surface area contributed by atoms with Gasteiger partial charge in [-0.3, -0.25) is 9.59 Å². The van der Waals surface area contributed by atoms with Gasteiger partial charge in [-0.05, 0) is 39.3 Å². The molecule has 1 aromatic carbocycles. The van der Waals surface area contributed by atoms with E-state index in [1.807, 2.05) is 26.8 Å². The van der Waals surface area contributed by atoms with Crippen LogP contribution in [0.25, 0.3) is 0 Å². The van der Waals surface area contributed by atoms with Crippen molar-refractivity contribution in [1.29, 1.82) is 0 Å². The van der Waals surface area contributed by atoms with Crippen LogP contribution in [0.3, 0.4) is 0 Å². The molecule has 1 aromatic rings. The Hall–Kier alpha value is -1.84. The molecule has 0 bridgehead atoms. The van der Waals surface area contributed by atoms with E-state index in [1.54, 1.807) is 19.1 Å². The van der Waals surface area contributed by atoms with E-state index < -0.39 is 6.10 Å². The first-order valence-electron chi connectivity index (χ1n) is 5.97. The lowest BCUT2D eigenvalue weighted by atomic mass is 10.1. The minimum Gasteiger partial charge on any atom is -0.480 e. The van der Waals surface area contributed by atoms with Crippen LogP contribution in [0.4, 0.5) is 0 Å². The largest absolute Gasteiger partial charge is 0.480 e. The minimum atomic E-state index is -0.632. The van der Waals surface area contributed by atoms with Gasteiger partial charge in [0, 0.05) is 6.04 Å². The number of ether oxygens (including phenoxy) is 1. The zero-order valence-electron chi connectivity index (χ0n) is 11.2. The molecule has 0 saturated heterocycles. The molecular formula is C14H19NO3. The summed E-state index contributed by atoms with van der Waals surface area (Å²) in [5, 5.41) is 2.77. The summed E-state index contributed by atoms with van der Waals surface area (Å²) in [6.07, 6.45) is 0.0993. The Labute approximate surface area is 107 Å². The number of carbonyl (C=O) groups excluding carboxylic acids is 2. The summed E-state index contributed by atoms with van der Waals surface area (Å²) >= 11 is 0. The molecule has 1 unspecified atom stereocenters. The second-order valence-electron chi connectivity index (χ2n) is 4.53. The quantitative estimate of drug-likeness (QED) is 0.813. The fraction of sp³-hybridized carbons (Fsp3) is 0.429. The molecule has 0 fully saturated rings. The van der Waals surface area contributed by atoms with Crippen LogP contribution in [0.1, 0.15) is 36.7 Å². The van der Waals surface area contributed by atoms with Crippen LogP contribution >= 0.6 is 0 Å². The predicted molar refractivity (Wildman–Crippen MR) is 69.9 cm³/mol. The molecule has 0 aliphatic carbocycles. The molecular weight excluding hydrogens is 230 g/mol. The van der Waals surface area contributed by atoms with E-state index in [2.05, 4.69) is 5.32 Å². The average Bonchev–Trinajstić information content (AvgIpc) is 2.30. The maximum Gasteiger partial charge on any atom is 0.260 e. The van der Waals surface area contributed by atoms with Crippen LogP contribution in [-0.4, -0.2) is 24.3 Å². The number of nitrogens with one attached hydrogen (secondary N) is 1. The fourth-order valence-corrected chi connectivity index (χ4v) is 1.56. The summed E-state index contributed by atoms with van der Waals surface area (Å²) < 4.78 is 5.59. The zero-order chi connectivity index (χ0) is 13.7. The monoisotopic (exact) mass is 249 g/mol. The van der Waals surface area contributed by atoms with E-state index in [1.165, 1.54) is 0 Å². The number of para-hydroxylation sites is 1. The van der Waals surface area contributed by atoms with Crippen molar-refractivity contribution in [3.05, 3.63) is 29.3 Å². The van der Waals surface area contributed by atoms with Gasteiger partial charge in [0.05, 0.1) is 5.56 Å². The number of carbonyl (C=O) groups is 2. The predicted octanol–water partition coefficient (Wildman–Crippen LogP) is 2.10. The van der Waals surface area contributed by atoms with Crippen LogP contribution in [0, 0.1) is 6.92 Å². The summed E-state index contributed by atoms with van der Waals surface area (Å²) in [5.74, 6) is 0.281. The third-order valence-corrected chi connectivity index (χ3v) is 2.46. The molecule has 1 amide bonds. The van der Waals surface area contributed by atoms with Gasteiger partial charge in [-0.1, -0.05) is 12.1 Å². The first-order chi connectivity index (χ1) is 8.45. The van der Waals surface area contributed by atoms with E-state index in [0.717, 1.165) is 11.8 Å². The van der Waals surface area contributed by atoms with Crippen molar-refractivity contribution in [2.75, 3.05) is 0 Å². The highest BCUT2D eigenvalue weighted by Gasteiger charge is 2.17. The number of amides is 1. The van der Waals surface area contributed by atoms with Crippen molar-refractivity contribution in [1.82, 2.24) is 5.32 Å². The number of hydrogen-bond acceptors (Lipinski definition) is 3. The molecule has 0 heterocycles. The highest BCUT2D eigenvalue weighted by Crippen LogP contribution is 2.23. The fourth-order valence-electron chi connectivity index (χ4n) is 1.56. The molecule has 1 atom stereocenters. The molecule has 0 aliphatic heterocycles. The zero-order valence-corrected chi connectivity index (χ0v) is 11.2. The van der Waals surface area contributed by atoms with E-state index >= 15 is 0 Å². The van der Waals surface area contributed by atoms with Gasteiger partial charge in [0.1, 0.15) is 5.75 Å². The van der Waals surface area contributed by atoms with Crippen molar-refractivity contribution in [3.8, 4) is 5.75 Å².